The predicted octanol–water partition coefficient (Wildman–Crippen LogP) is 0.363. The molecule has 0 radical (unpaired) electrons. The third-order valence-electron chi connectivity index (χ3n) is 3.72. The Hall–Kier alpha value is -1.91. The summed E-state index contributed by atoms with van der Waals surface area (Å²) in [6, 6.07) is 4.08. The molecule has 2 amide bonds. The summed E-state index contributed by atoms with van der Waals surface area (Å²) in [6.07, 6.45) is 4.50. The number of hydrogen-bond acceptors (Lipinski definition) is 2. The number of aryl methyl sites for hydroxylation is 2. The van der Waals surface area contributed by atoms with Crippen molar-refractivity contribution < 1.29 is 14.2 Å². The molecule has 0 saturated carbocycles. The van der Waals surface area contributed by atoms with Crippen molar-refractivity contribution in [3.63, 3.8) is 0 Å². The standard InChI is InChI=1S/C15H22N3O2/c1-13-3-6-16(7-4-13)8-5-15(20)18-11-9-17(10-12-18)14(2)19/h3-4,6-7H,5,8-12H2,1-2H3/q+1. The maximum atomic E-state index is 12.1. The highest BCUT2D eigenvalue weighted by molar-refractivity contribution is 5.77. The zero-order valence-electron chi connectivity index (χ0n) is 12.2. The van der Waals surface area contributed by atoms with Crippen molar-refractivity contribution >= 4 is 11.8 Å². The number of nitrogens with zero attached hydrogens (tertiary/aromatic N) is 3. The second kappa shape index (κ2) is 6.50. The van der Waals surface area contributed by atoms with Gasteiger partial charge in [-0.3, -0.25) is 9.59 Å². The van der Waals surface area contributed by atoms with E-state index in [-0.39, 0.29) is 11.8 Å². The van der Waals surface area contributed by atoms with E-state index in [2.05, 4.69) is 0 Å². The molecule has 1 fully saturated rings. The summed E-state index contributed by atoms with van der Waals surface area (Å²) < 4.78 is 2.02. The maximum Gasteiger partial charge on any atom is 0.229 e. The quantitative estimate of drug-likeness (QED) is 0.748. The van der Waals surface area contributed by atoms with E-state index in [1.54, 1.807) is 11.8 Å². The molecular formula is C15H22N3O2+. The van der Waals surface area contributed by atoms with Gasteiger partial charge in [0, 0.05) is 45.2 Å². The largest absolute Gasteiger partial charge is 0.339 e. The summed E-state index contributed by atoms with van der Waals surface area (Å²) in [5, 5.41) is 0. The molecule has 1 saturated heterocycles. The fraction of sp³-hybridized carbons (Fsp3) is 0.533. The molecule has 0 atom stereocenters. The van der Waals surface area contributed by atoms with Gasteiger partial charge in [0.15, 0.2) is 18.9 Å². The molecule has 5 heteroatoms. The van der Waals surface area contributed by atoms with Gasteiger partial charge >= 0.3 is 0 Å². The van der Waals surface area contributed by atoms with Gasteiger partial charge in [0.25, 0.3) is 0 Å². The van der Waals surface area contributed by atoms with Crippen LogP contribution in [0.15, 0.2) is 24.5 Å². The monoisotopic (exact) mass is 276 g/mol. The third-order valence-corrected chi connectivity index (χ3v) is 3.72. The first-order valence-electron chi connectivity index (χ1n) is 7.05. The topological polar surface area (TPSA) is 44.5 Å². The molecule has 5 nitrogen and oxygen atoms in total. The van der Waals surface area contributed by atoms with Crippen molar-refractivity contribution in [2.45, 2.75) is 26.8 Å². The van der Waals surface area contributed by atoms with Gasteiger partial charge in [-0.2, -0.15) is 0 Å². The number of piperazine rings is 1. The van der Waals surface area contributed by atoms with Crippen LogP contribution in [-0.2, 0) is 16.1 Å². The Bertz CT molecular complexity index is 476. The van der Waals surface area contributed by atoms with E-state index in [1.165, 1.54) is 5.56 Å². The van der Waals surface area contributed by atoms with Crippen molar-refractivity contribution in [2.24, 2.45) is 0 Å². The summed E-state index contributed by atoms with van der Waals surface area (Å²) in [6.45, 7) is 6.92. The molecule has 2 rings (SSSR count). The molecule has 1 aliphatic rings. The third kappa shape index (κ3) is 3.79. The molecule has 0 bridgehead atoms. The van der Waals surface area contributed by atoms with Gasteiger partial charge in [0.1, 0.15) is 0 Å². The van der Waals surface area contributed by atoms with Gasteiger partial charge < -0.3 is 9.80 Å². The number of amides is 2. The highest BCUT2D eigenvalue weighted by Gasteiger charge is 2.22. The van der Waals surface area contributed by atoms with Crippen LogP contribution in [0.3, 0.4) is 0 Å². The van der Waals surface area contributed by atoms with Crippen LogP contribution in [0.5, 0.6) is 0 Å². The van der Waals surface area contributed by atoms with Crippen molar-refractivity contribution in [3.05, 3.63) is 30.1 Å². The van der Waals surface area contributed by atoms with E-state index in [0.717, 1.165) is 0 Å². The van der Waals surface area contributed by atoms with Crippen molar-refractivity contribution in [1.29, 1.82) is 0 Å². The molecule has 1 aliphatic heterocycles. The normalized spacial score (nSPS) is 15.3. The number of hydrogen-bond donors (Lipinski definition) is 0. The number of rotatable bonds is 3. The molecule has 0 aliphatic carbocycles. The van der Waals surface area contributed by atoms with Gasteiger partial charge in [-0.15, -0.1) is 0 Å². The molecule has 108 valence electrons. The number of pyridine rings is 1. The average molecular weight is 276 g/mol. The van der Waals surface area contributed by atoms with E-state index in [1.807, 2.05) is 40.9 Å². The van der Waals surface area contributed by atoms with E-state index < -0.39 is 0 Å². The second-order valence-corrected chi connectivity index (χ2v) is 5.25. The Morgan fingerprint density at radius 3 is 2.20 bits per heavy atom. The molecule has 0 unspecified atom stereocenters. The van der Waals surface area contributed by atoms with Crippen molar-refractivity contribution in [2.75, 3.05) is 26.2 Å². The van der Waals surface area contributed by atoms with Gasteiger partial charge in [0.2, 0.25) is 11.8 Å². The Balaban J connectivity index is 1.78. The highest BCUT2D eigenvalue weighted by atomic mass is 16.2. The fourth-order valence-corrected chi connectivity index (χ4v) is 2.33. The second-order valence-electron chi connectivity index (χ2n) is 5.25. The van der Waals surface area contributed by atoms with Crippen LogP contribution in [0.1, 0.15) is 18.9 Å². The zero-order chi connectivity index (χ0) is 14.5. The van der Waals surface area contributed by atoms with E-state index in [0.29, 0.717) is 39.1 Å². The Kier molecular flexibility index (Phi) is 4.71. The van der Waals surface area contributed by atoms with E-state index in [9.17, 15) is 9.59 Å². The molecule has 0 spiro atoms. The van der Waals surface area contributed by atoms with Crippen LogP contribution in [0.4, 0.5) is 0 Å². The van der Waals surface area contributed by atoms with Crippen molar-refractivity contribution in [3.8, 4) is 0 Å². The molecule has 20 heavy (non-hydrogen) atoms. The van der Waals surface area contributed by atoms with Gasteiger partial charge in [-0.05, 0) is 12.5 Å². The SMILES string of the molecule is CC(=O)N1CCN(C(=O)CC[n+]2ccc(C)cc2)CC1. The fourth-order valence-electron chi connectivity index (χ4n) is 2.33. The molecule has 1 aromatic heterocycles. The molecule has 2 heterocycles. The van der Waals surface area contributed by atoms with Gasteiger partial charge in [0.05, 0.1) is 6.42 Å². The van der Waals surface area contributed by atoms with Crippen LogP contribution < -0.4 is 4.57 Å². The first-order valence-corrected chi connectivity index (χ1v) is 7.05. The minimum absolute atomic E-state index is 0.0901. The first-order chi connectivity index (χ1) is 9.56. The Morgan fingerprint density at radius 1 is 1.10 bits per heavy atom. The van der Waals surface area contributed by atoms with Crippen LogP contribution in [0.2, 0.25) is 0 Å². The Morgan fingerprint density at radius 2 is 1.65 bits per heavy atom. The molecule has 1 aromatic rings. The summed E-state index contributed by atoms with van der Waals surface area (Å²) >= 11 is 0. The minimum atomic E-state index is 0.0901. The van der Waals surface area contributed by atoms with E-state index in [4.69, 9.17) is 0 Å². The summed E-state index contributed by atoms with van der Waals surface area (Å²) in [7, 11) is 0. The lowest BCUT2D eigenvalue weighted by Gasteiger charge is -2.34. The number of aromatic nitrogens is 1. The lowest BCUT2D eigenvalue weighted by molar-refractivity contribution is -0.696. The first kappa shape index (κ1) is 14.5. The smallest absolute Gasteiger partial charge is 0.229 e. The van der Waals surface area contributed by atoms with Crippen LogP contribution in [0, 0.1) is 6.92 Å². The molecular weight excluding hydrogens is 254 g/mol. The maximum absolute atomic E-state index is 12.1. The lowest BCUT2D eigenvalue weighted by atomic mass is 10.2. The van der Waals surface area contributed by atoms with Gasteiger partial charge in [-0.25, -0.2) is 4.57 Å². The average Bonchev–Trinajstić information content (AvgIpc) is 2.46. The number of carbonyl (C=O) groups is 2. The predicted molar refractivity (Wildman–Crippen MR) is 74.8 cm³/mol. The summed E-state index contributed by atoms with van der Waals surface area (Å²) in [5.41, 5.74) is 1.22. The number of carbonyl (C=O) groups excluding carboxylic acids is 2. The lowest BCUT2D eigenvalue weighted by Crippen LogP contribution is -2.50. The van der Waals surface area contributed by atoms with Crippen LogP contribution >= 0.6 is 0 Å². The van der Waals surface area contributed by atoms with Gasteiger partial charge in [-0.1, -0.05) is 0 Å². The van der Waals surface area contributed by atoms with Crippen LogP contribution in [-0.4, -0.2) is 47.8 Å². The summed E-state index contributed by atoms with van der Waals surface area (Å²) in [4.78, 5) is 27.0. The zero-order valence-corrected chi connectivity index (χ0v) is 12.2. The minimum Gasteiger partial charge on any atom is -0.339 e. The Labute approximate surface area is 119 Å². The van der Waals surface area contributed by atoms with E-state index >= 15 is 0 Å². The molecule has 0 N–H and O–H groups in total. The summed E-state index contributed by atoms with van der Waals surface area (Å²) in [5.74, 6) is 0.258. The van der Waals surface area contributed by atoms with Crippen molar-refractivity contribution in [1.82, 2.24) is 9.80 Å². The highest BCUT2D eigenvalue weighted by Crippen LogP contribution is 2.04. The molecule has 0 aromatic carbocycles. The van der Waals surface area contributed by atoms with Crippen LogP contribution in [0.25, 0.3) is 0 Å².